The topological polar surface area (TPSA) is 146 Å². The van der Waals surface area contributed by atoms with Crippen LogP contribution >= 0.6 is 27.5 Å². The van der Waals surface area contributed by atoms with Crippen LogP contribution in [-0.2, 0) is 49.3 Å². The van der Waals surface area contributed by atoms with Crippen LogP contribution in [0, 0.1) is 6.92 Å². The van der Waals surface area contributed by atoms with E-state index in [2.05, 4.69) is 15.9 Å². The first-order chi connectivity index (χ1) is 21.3. The Morgan fingerprint density at radius 2 is 1.56 bits per heavy atom. The first kappa shape index (κ1) is 33.9. The molecule has 0 radical (unpaired) electrons. The van der Waals surface area contributed by atoms with Crippen LogP contribution < -0.4 is 4.74 Å². The van der Waals surface area contributed by atoms with Gasteiger partial charge in [0.05, 0.1) is 19.0 Å². The van der Waals surface area contributed by atoms with Crippen LogP contribution in [0.3, 0.4) is 0 Å². The van der Waals surface area contributed by atoms with Gasteiger partial charge >= 0.3 is 23.9 Å². The lowest BCUT2D eigenvalue weighted by Crippen LogP contribution is -2.60. The largest absolute Gasteiger partial charge is 0.497 e. The maximum atomic E-state index is 13.6. The second-order valence-corrected chi connectivity index (χ2v) is 11.7. The number of alkyl halides is 1. The summed E-state index contributed by atoms with van der Waals surface area (Å²) in [5.74, 6) is -2.58. The van der Waals surface area contributed by atoms with Crippen LogP contribution in [-0.4, -0.2) is 77.5 Å². The van der Waals surface area contributed by atoms with E-state index in [4.69, 9.17) is 40.0 Å². The van der Waals surface area contributed by atoms with E-state index >= 15 is 0 Å². The van der Waals surface area contributed by atoms with Gasteiger partial charge in [-0.25, -0.2) is 0 Å². The lowest BCUT2D eigenvalue weighted by molar-refractivity contribution is -0.256. The third kappa shape index (κ3) is 7.84. The van der Waals surface area contributed by atoms with Gasteiger partial charge in [0.15, 0.2) is 12.2 Å². The van der Waals surface area contributed by atoms with Crippen molar-refractivity contribution in [1.29, 1.82) is 0 Å². The quantitative estimate of drug-likeness (QED) is 0.178. The number of fused-ring (bicyclic) bond motifs is 1. The molecule has 0 unspecified atom stereocenters. The Hall–Kier alpha value is -3.94. The number of methoxy groups -OCH3 is 1. The van der Waals surface area contributed by atoms with Crippen LogP contribution in [0.1, 0.15) is 42.4 Å². The van der Waals surface area contributed by atoms with Crippen LogP contribution in [0.4, 0.5) is 0 Å². The van der Waals surface area contributed by atoms with Gasteiger partial charge in [-0.2, -0.15) is 0 Å². The standard InChI is InChI=1S/C31H31BrClNO11/c1-15-22(23-12-21(40-5)10-11-24(23)34(15)30(39)19-6-8-20(33)9-7-19)13-26(38)45-31-27(32)29(43-18(4)37)28(42-17(3)36)25(44-31)14-41-16(2)35/h6-12,25,27-29,31H,13-14H2,1-5H3/t25-,27+,28-,29-,31-/m1/s1. The minimum atomic E-state index is -1.35. The van der Waals surface area contributed by atoms with Crippen LogP contribution in [0.15, 0.2) is 42.5 Å². The summed E-state index contributed by atoms with van der Waals surface area (Å²) < 4.78 is 34.4. The summed E-state index contributed by atoms with van der Waals surface area (Å²) in [6, 6.07) is 11.6. The molecule has 0 spiro atoms. The second kappa shape index (κ2) is 14.4. The Balaban J connectivity index is 1.66. The van der Waals surface area contributed by atoms with E-state index in [-0.39, 0.29) is 18.9 Å². The molecule has 0 bridgehead atoms. The summed E-state index contributed by atoms with van der Waals surface area (Å²) >= 11 is 9.39. The number of rotatable bonds is 9. The number of esters is 4. The predicted octanol–water partition coefficient (Wildman–Crippen LogP) is 4.30. The number of carbonyl (C=O) groups is 5. The number of aromatic nitrogens is 1. The van der Waals surface area contributed by atoms with E-state index in [9.17, 15) is 24.0 Å². The van der Waals surface area contributed by atoms with E-state index in [0.717, 1.165) is 6.92 Å². The maximum Gasteiger partial charge on any atom is 0.312 e. The highest BCUT2D eigenvalue weighted by Crippen LogP contribution is 2.34. The fourth-order valence-electron chi connectivity index (χ4n) is 5.07. The molecule has 0 aliphatic carbocycles. The molecular formula is C31H31BrClNO11. The van der Waals surface area contributed by atoms with Crippen molar-refractivity contribution in [3.63, 3.8) is 0 Å². The number of halogens is 2. The molecule has 1 saturated heterocycles. The zero-order valence-corrected chi connectivity index (χ0v) is 27.4. The highest BCUT2D eigenvalue weighted by Gasteiger charge is 2.51. The van der Waals surface area contributed by atoms with Crippen molar-refractivity contribution in [3.8, 4) is 5.75 Å². The Morgan fingerprint density at radius 3 is 2.16 bits per heavy atom. The second-order valence-electron chi connectivity index (χ2n) is 10.2. The van der Waals surface area contributed by atoms with Crippen molar-refractivity contribution in [3.05, 3.63) is 64.3 Å². The fraction of sp³-hybridized carbons (Fsp3) is 0.387. The van der Waals surface area contributed by atoms with E-state index in [1.807, 2.05) is 0 Å². The molecule has 4 rings (SSSR count). The van der Waals surface area contributed by atoms with Gasteiger partial charge in [-0.15, -0.1) is 0 Å². The minimum absolute atomic E-state index is 0.282. The van der Waals surface area contributed by atoms with Gasteiger partial charge in [0.2, 0.25) is 6.29 Å². The number of nitrogens with zero attached hydrogens (tertiary/aromatic N) is 1. The van der Waals surface area contributed by atoms with E-state index in [0.29, 0.717) is 38.5 Å². The molecular weight excluding hydrogens is 678 g/mol. The van der Waals surface area contributed by atoms with Crippen molar-refractivity contribution in [1.82, 2.24) is 4.57 Å². The van der Waals surface area contributed by atoms with Crippen molar-refractivity contribution < 1.29 is 52.4 Å². The fourth-order valence-corrected chi connectivity index (χ4v) is 5.84. The summed E-state index contributed by atoms with van der Waals surface area (Å²) in [6.07, 6.45) is -5.12. The minimum Gasteiger partial charge on any atom is -0.497 e. The normalized spacial score (nSPS) is 21.1. The molecule has 14 heteroatoms. The van der Waals surface area contributed by atoms with Gasteiger partial charge in [-0.3, -0.25) is 28.5 Å². The molecule has 3 aromatic rings. The molecule has 0 N–H and O–H groups in total. The van der Waals surface area contributed by atoms with Crippen molar-refractivity contribution >= 4 is 68.2 Å². The lowest BCUT2D eigenvalue weighted by atomic mass is 10.0. The van der Waals surface area contributed by atoms with Crippen molar-refractivity contribution in [2.24, 2.45) is 0 Å². The summed E-state index contributed by atoms with van der Waals surface area (Å²) in [4.78, 5) is 61.5. The van der Waals surface area contributed by atoms with Crippen LogP contribution in [0.25, 0.3) is 10.9 Å². The molecule has 5 atom stereocenters. The third-order valence-electron chi connectivity index (χ3n) is 7.03. The summed E-state index contributed by atoms with van der Waals surface area (Å²) in [5, 5.41) is 1.07. The average Bonchev–Trinajstić information content (AvgIpc) is 3.24. The Morgan fingerprint density at radius 1 is 0.911 bits per heavy atom. The molecule has 240 valence electrons. The number of hydrogen-bond donors (Lipinski definition) is 0. The number of benzene rings is 2. The molecule has 1 aliphatic rings. The third-order valence-corrected chi connectivity index (χ3v) is 8.24. The lowest BCUT2D eigenvalue weighted by Gasteiger charge is -2.42. The van der Waals surface area contributed by atoms with Crippen molar-refractivity contribution in [2.75, 3.05) is 13.7 Å². The Bertz CT molecular complexity index is 1620. The van der Waals surface area contributed by atoms with Gasteiger partial charge in [0.1, 0.15) is 23.3 Å². The molecule has 1 aromatic heterocycles. The van der Waals surface area contributed by atoms with Gasteiger partial charge in [0.25, 0.3) is 5.91 Å². The molecule has 1 fully saturated rings. The summed E-state index contributed by atoms with van der Waals surface area (Å²) in [7, 11) is 1.50. The molecule has 45 heavy (non-hydrogen) atoms. The molecule has 2 aromatic carbocycles. The SMILES string of the molecule is COc1ccc2c(c1)c(CC(=O)O[C@H]1O[C@H](COC(C)=O)[C@@H](OC(C)=O)[C@H](OC(C)=O)[C@@H]1Br)c(C)n2C(=O)c1ccc(Cl)cc1. The zero-order valence-electron chi connectivity index (χ0n) is 25.0. The summed E-state index contributed by atoms with van der Waals surface area (Å²) in [5.41, 5.74) is 1.93. The number of hydrogen-bond acceptors (Lipinski definition) is 11. The monoisotopic (exact) mass is 707 g/mol. The zero-order chi connectivity index (χ0) is 33.0. The Labute approximate surface area is 271 Å². The first-order valence-corrected chi connectivity index (χ1v) is 15.0. The molecule has 12 nitrogen and oxygen atoms in total. The average molecular weight is 709 g/mol. The highest BCUT2D eigenvalue weighted by molar-refractivity contribution is 9.09. The maximum absolute atomic E-state index is 13.6. The van der Waals surface area contributed by atoms with Gasteiger partial charge in [0, 0.05) is 42.4 Å². The number of carbonyl (C=O) groups excluding carboxylic acids is 5. The van der Waals surface area contributed by atoms with Crippen LogP contribution in [0.5, 0.6) is 5.75 Å². The molecule has 1 aliphatic heterocycles. The van der Waals surface area contributed by atoms with Crippen molar-refractivity contribution in [2.45, 2.75) is 63.5 Å². The molecule has 0 amide bonds. The predicted molar refractivity (Wildman–Crippen MR) is 163 cm³/mol. The number of ether oxygens (including phenoxy) is 6. The van der Waals surface area contributed by atoms with E-state index < -0.39 is 53.3 Å². The van der Waals surface area contributed by atoms with Crippen LogP contribution in [0.2, 0.25) is 5.02 Å². The van der Waals surface area contributed by atoms with Gasteiger partial charge < -0.3 is 28.4 Å². The van der Waals surface area contributed by atoms with E-state index in [1.54, 1.807) is 49.4 Å². The van der Waals surface area contributed by atoms with E-state index in [1.165, 1.54) is 25.5 Å². The first-order valence-electron chi connectivity index (χ1n) is 13.8. The highest BCUT2D eigenvalue weighted by atomic mass is 79.9. The Kier molecular flexibility index (Phi) is 10.9. The molecule has 0 saturated carbocycles. The van der Waals surface area contributed by atoms with Gasteiger partial charge in [-0.1, -0.05) is 27.5 Å². The smallest absolute Gasteiger partial charge is 0.312 e. The molecule has 2 heterocycles. The summed E-state index contributed by atoms with van der Waals surface area (Å²) in [6.45, 7) is 4.85. The van der Waals surface area contributed by atoms with Gasteiger partial charge in [-0.05, 0) is 55.0 Å².